The Labute approximate surface area is 167 Å². The number of hydrogen-bond acceptors (Lipinski definition) is 5. The lowest BCUT2D eigenvalue weighted by Gasteiger charge is -2.32. The van der Waals surface area contributed by atoms with E-state index in [2.05, 4.69) is 5.32 Å². The molecule has 0 saturated carbocycles. The Hall–Kier alpha value is -3.44. The molecule has 0 aliphatic carbocycles. The van der Waals surface area contributed by atoms with Gasteiger partial charge in [0.2, 0.25) is 0 Å². The summed E-state index contributed by atoms with van der Waals surface area (Å²) in [6, 6.07) is 14.0. The summed E-state index contributed by atoms with van der Waals surface area (Å²) < 4.78 is 23.8. The van der Waals surface area contributed by atoms with E-state index in [0.29, 0.717) is 29.8 Å². The van der Waals surface area contributed by atoms with Gasteiger partial charge in [-0.25, -0.2) is 9.18 Å². The van der Waals surface area contributed by atoms with Crippen LogP contribution in [0.1, 0.15) is 21.5 Å². The number of nitriles is 1. The lowest BCUT2D eigenvalue weighted by molar-refractivity contribution is -0.0263. The van der Waals surface area contributed by atoms with Gasteiger partial charge >= 0.3 is 6.09 Å². The molecular formula is C21H20FN3O4. The van der Waals surface area contributed by atoms with E-state index < -0.39 is 6.09 Å². The number of amides is 2. The van der Waals surface area contributed by atoms with Crippen molar-refractivity contribution in [1.82, 2.24) is 10.2 Å². The molecule has 2 aromatic carbocycles. The first-order valence-corrected chi connectivity index (χ1v) is 9.11. The second-order valence-corrected chi connectivity index (χ2v) is 6.52. The van der Waals surface area contributed by atoms with E-state index in [9.17, 15) is 14.0 Å². The molecule has 1 aliphatic heterocycles. The van der Waals surface area contributed by atoms with E-state index in [1.54, 1.807) is 36.4 Å². The van der Waals surface area contributed by atoms with Crippen LogP contribution in [0.15, 0.2) is 48.5 Å². The van der Waals surface area contributed by atoms with Crippen molar-refractivity contribution in [1.29, 1.82) is 5.26 Å². The zero-order valence-corrected chi connectivity index (χ0v) is 15.6. The summed E-state index contributed by atoms with van der Waals surface area (Å²) in [6.07, 6.45) is -0.842. The molecule has 1 atom stereocenters. The standard InChI is InChI=1S/C21H20FN3O4/c22-18-7-3-16(4-8-18)14-29-21(27)25-9-10-28-19(13-25)12-24-20(26)17-5-1-15(11-23)2-6-17/h1-8,19H,9-10,12-14H2,(H,24,26). The number of ether oxygens (including phenoxy) is 2. The van der Waals surface area contributed by atoms with Gasteiger partial charge in [0, 0.05) is 18.7 Å². The maximum absolute atomic E-state index is 12.9. The van der Waals surface area contributed by atoms with E-state index in [1.807, 2.05) is 6.07 Å². The number of benzene rings is 2. The zero-order chi connectivity index (χ0) is 20.6. The number of rotatable bonds is 5. The molecule has 1 N–H and O–H groups in total. The van der Waals surface area contributed by atoms with Crippen molar-refractivity contribution in [2.75, 3.05) is 26.2 Å². The highest BCUT2D eigenvalue weighted by Gasteiger charge is 2.25. The van der Waals surface area contributed by atoms with Gasteiger partial charge in [0.15, 0.2) is 0 Å². The smallest absolute Gasteiger partial charge is 0.410 e. The second kappa shape index (κ2) is 9.66. The molecule has 1 saturated heterocycles. The Kier molecular flexibility index (Phi) is 6.76. The zero-order valence-electron chi connectivity index (χ0n) is 15.6. The van der Waals surface area contributed by atoms with Gasteiger partial charge in [0.05, 0.1) is 30.9 Å². The quantitative estimate of drug-likeness (QED) is 0.837. The minimum absolute atomic E-state index is 0.0521. The van der Waals surface area contributed by atoms with Crippen molar-refractivity contribution >= 4 is 12.0 Å². The first-order chi connectivity index (χ1) is 14.0. The summed E-state index contributed by atoms with van der Waals surface area (Å²) in [5, 5.41) is 11.6. The van der Waals surface area contributed by atoms with Crippen LogP contribution in [0.3, 0.4) is 0 Å². The third-order valence-electron chi connectivity index (χ3n) is 4.44. The predicted octanol–water partition coefficient (Wildman–Crippen LogP) is 2.46. The van der Waals surface area contributed by atoms with Crippen molar-refractivity contribution < 1.29 is 23.5 Å². The average Bonchev–Trinajstić information content (AvgIpc) is 2.77. The average molecular weight is 397 g/mol. The van der Waals surface area contributed by atoms with Crippen molar-refractivity contribution in [2.45, 2.75) is 12.7 Å². The van der Waals surface area contributed by atoms with Gasteiger partial charge in [-0.15, -0.1) is 0 Å². The fourth-order valence-electron chi connectivity index (χ4n) is 2.83. The fraction of sp³-hybridized carbons (Fsp3) is 0.286. The predicted molar refractivity (Wildman–Crippen MR) is 101 cm³/mol. The summed E-state index contributed by atoms with van der Waals surface area (Å²) >= 11 is 0. The second-order valence-electron chi connectivity index (χ2n) is 6.52. The molecule has 1 unspecified atom stereocenters. The van der Waals surface area contributed by atoms with Crippen LogP contribution in [-0.4, -0.2) is 49.2 Å². The first kappa shape index (κ1) is 20.3. The Bertz CT molecular complexity index is 894. The molecule has 1 heterocycles. The maximum atomic E-state index is 12.9. The summed E-state index contributed by atoms with van der Waals surface area (Å²) in [5.74, 6) is -0.631. The number of halogens is 1. The van der Waals surface area contributed by atoms with E-state index >= 15 is 0 Å². The highest BCUT2D eigenvalue weighted by atomic mass is 19.1. The number of hydrogen-bond donors (Lipinski definition) is 1. The molecule has 0 aromatic heterocycles. The molecule has 2 aromatic rings. The first-order valence-electron chi connectivity index (χ1n) is 9.11. The monoisotopic (exact) mass is 397 g/mol. The Morgan fingerprint density at radius 2 is 1.93 bits per heavy atom. The van der Waals surface area contributed by atoms with Crippen LogP contribution in [0.2, 0.25) is 0 Å². The summed E-state index contributed by atoms with van der Waals surface area (Å²) in [7, 11) is 0. The van der Waals surface area contributed by atoms with Crippen LogP contribution in [0, 0.1) is 17.1 Å². The number of nitrogens with zero attached hydrogens (tertiary/aromatic N) is 2. The van der Waals surface area contributed by atoms with E-state index in [-0.39, 0.29) is 37.5 Å². The topological polar surface area (TPSA) is 91.7 Å². The third kappa shape index (κ3) is 5.77. The summed E-state index contributed by atoms with van der Waals surface area (Å²) in [6.45, 7) is 1.30. The molecule has 8 heteroatoms. The molecule has 0 spiro atoms. The lowest BCUT2D eigenvalue weighted by atomic mass is 10.1. The Balaban J connectivity index is 1.45. The van der Waals surface area contributed by atoms with Gasteiger partial charge in [0.25, 0.3) is 5.91 Å². The van der Waals surface area contributed by atoms with Crippen molar-refractivity contribution in [2.24, 2.45) is 0 Å². The van der Waals surface area contributed by atoms with E-state index in [1.165, 1.54) is 17.0 Å². The SMILES string of the molecule is N#Cc1ccc(C(=O)NCC2CN(C(=O)OCc3ccc(F)cc3)CCO2)cc1. The lowest BCUT2D eigenvalue weighted by Crippen LogP contribution is -2.49. The minimum Gasteiger partial charge on any atom is -0.445 e. The third-order valence-corrected chi connectivity index (χ3v) is 4.44. The molecule has 150 valence electrons. The van der Waals surface area contributed by atoms with Crippen molar-refractivity contribution in [3.8, 4) is 6.07 Å². The van der Waals surface area contributed by atoms with Crippen LogP contribution in [0.25, 0.3) is 0 Å². The van der Waals surface area contributed by atoms with Gasteiger partial charge in [-0.2, -0.15) is 5.26 Å². The molecule has 7 nitrogen and oxygen atoms in total. The van der Waals surface area contributed by atoms with Gasteiger partial charge in [-0.3, -0.25) is 4.79 Å². The Morgan fingerprint density at radius 3 is 2.62 bits per heavy atom. The number of carbonyl (C=O) groups excluding carboxylic acids is 2. The molecule has 29 heavy (non-hydrogen) atoms. The van der Waals surface area contributed by atoms with Gasteiger partial charge < -0.3 is 19.7 Å². The minimum atomic E-state index is -0.485. The maximum Gasteiger partial charge on any atom is 0.410 e. The molecule has 2 amide bonds. The number of nitrogens with one attached hydrogen (secondary N) is 1. The summed E-state index contributed by atoms with van der Waals surface area (Å²) in [4.78, 5) is 26.0. The van der Waals surface area contributed by atoms with Crippen LogP contribution < -0.4 is 5.32 Å². The van der Waals surface area contributed by atoms with Crippen LogP contribution >= 0.6 is 0 Å². The molecule has 0 bridgehead atoms. The van der Waals surface area contributed by atoms with Crippen molar-refractivity contribution in [3.63, 3.8) is 0 Å². The number of morpholine rings is 1. The molecule has 0 radical (unpaired) electrons. The molecule has 1 fully saturated rings. The fourth-order valence-corrected chi connectivity index (χ4v) is 2.83. The van der Waals surface area contributed by atoms with Gasteiger partial charge in [0.1, 0.15) is 12.4 Å². The van der Waals surface area contributed by atoms with Gasteiger partial charge in [-0.05, 0) is 42.0 Å². The number of carbonyl (C=O) groups is 2. The van der Waals surface area contributed by atoms with Crippen LogP contribution in [-0.2, 0) is 16.1 Å². The van der Waals surface area contributed by atoms with Crippen LogP contribution in [0.5, 0.6) is 0 Å². The summed E-state index contributed by atoms with van der Waals surface area (Å²) in [5.41, 5.74) is 1.61. The highest BCUT2D eigenvalue weighted by molar-refractivity contribution is 5.94. The van der Waals surface area contributed by atoms with Crippen molar-refractivity contribution in [3.05, 3.63) is 71.0 Å². The molecule has 3 rings (SSSR count). The van der Waals surface area contributed by atoms with E-state index in [4.69, 9.17) is 14.7 Å². The largest absolute Gasteiger partial charge is 0.445 e. The molecule has 1 aliphatic rings. The van der Waals surface area contributed by atoms with E-state index in [0.717, 1.165) is 0 Å². The molecular weight excluding hydrogens is 377 g/mol. The highest BCUT2D eigenvalue weighted by Crippen LogP contribution is 2.10. The Morgan fingerprint density at radius 1 is 1.21 bits per heavy atom. The van der Waals surface area contributed by atoms with Crippen LogP contribution in [0.4, 0.5) is 9.18 Å². The van der Waals surface area contributed by atoms with Gasteiger partial charge in [-0.1, -0.05) is 12.1 Å². The normalized spacial score (nSPS) is 16.0.